The predicted octanol–water partition coefficient (Wildman–Crippen LogP) is 3.96. The van der Waals surface area contributed by atoms with Crippen LogP contribution in [0, 0.1) is 27.3 Å². The lowest BCUT2D eigenvalue weighted by atomic mass is 10.1. The van der Waals surface area contributed by atoms with Gasteiger partial charge in [0.25, 0.3) is 11.6 Å². The maximum atomic E-state index is 14.0. The molecule has 0 spiro atoms. The van der Waals surface area contributed by atoms with Gasteiger partial charge in [0.05, 0.1) is 47.1 Å². The van der Waals surface area contributed by atoms with Gasteiger partial charge >= 0.3 is 0 Å². The molecule has 9 nitrogen and oxygen atoms in total. The molecule has 0 aliphatic rings. The highest BCUT2D eigenvalue weighted by atomic mass is 19.1. The molecule has 0 fully saturated rings. The Morgan fingerprint density at radius 1 is 1.21 bits per heavy atom. The highest BCUT2D eigenvalue weighted by Crippen LogP contribution is 2.34. The molecule has 33 heavy (non-hydrogen) atoms. The lowest BCUT2D eigenvalue weighted by Gasteiger charge is -2.12. The number of carbonyl (C=O) groups excluding carboxylic acids is 1. The number of hydrogen-bond acceptors (Lipinski definition) is 7. The minimum Gasteiger partial charge on any atom is -0.493 e. The Hall–Kier alpha value is -4.78. The number of amides is 1. The smallest absolute Gasteiger partial charge is 0.282 e. The number of ether oxygens (including phenoxy) is 2. The molecule has 0 saturated heterocycles. The van der Waals surface area contributed by atoms with E-state index in [9.17, 15) is 19.3 Å². The van der Waals surface area contributed by atoms with Crippen LogP contribution >= 0.6 is 0 Å². The number of hydrogen-bond donors (Lipinski definition) is 1. The van der Waals surface area contributed by atoms with Gasteiger partial charge in [-0.1, -0.05) is 30.3 Å². The summed E-state index contributed by atoms with van der Waals surface area (Å²) >= 11 is 0. The van der Waals surface area contributed by atoms with Crippen molar-refractivity contribution in [2.45, 2.75) is 6.61 Å². The van der Waals surface area contributed by atoms with Crippen molar-refractivity contribution in [1.29, 1.82) is 5.26 Å². The van der Waals surface area contributed by atoms with Gasteiger partial charge in [0.2, 0.25) is 0 Å². The van der Waals surface area contributed by atoms with Gasteiger partial charge in [0.1, 0.15) is 12.4 Å². The van der Waals surface area contributed by atoms with Gasteiger partial charge in [-0.15, -0.1) is 0 Å². The molecular formula is C23H17FN4O5. The normalized spacial score (nSPS) is 10.5. The van der Waals surface area contributed by atoms with Crippen LogP contribution in [-0.2, 0) is 6.61 Å². The average molecular weight is 448 g/mol. The maximum Gasteiger partial charge on any atom is 0.282 e. The SMILES string of the molecule is COc1cc(/C=N\NC(=O)c2ccc(C#N)cc2F)c([N+](=O)[O-])cc1OCc1ccccc1. The fourth-order valence-electron chi connectivity index (χ4n) is 2.82. The van der Waals surface area contributed by atoms with Crippen molar-refractivity contribution >= 4 is 17.8 Å². The van der Waals surface area contributed by atoms with Gasteiger partial charge in [-0.05, 0) is 29.8 Å². The Morgan fingerprint density at radius 2 is 1.97 bits per heavy atom. The molecule has 0 radical (unpaired) electrons. The average Bonchev–Trinajstić information content (AvgIpc) is 2.82. The highest BCUT2D eigenvalue weighted by molar-refractivity contribution is 5.95. The summed E-state index contributed by atoms with van der Waals surface area (Å²) in [4.78, 5) is 23.1. The van der Waals surface area contributed by atoms with Crippen molar-refractivity contribution in [2.24, 2.45) is 5.10 Å². The summed E-state index contributed by atoms with van der Waals surface area (Å²) in [5.74, 6) is -1.39. The fourth-order valence-corrected chi connectivity index (χ4v) is 2.82. The molecule has 3 rings (SSSR count). The molecule has 0 aliphatic carbocycles. The van der Waals surface area contributed by atoms with E-state index in [-0.39, 0.29) is 40.5 Å². The van der Waals surface area contributed by atoms with Crippen molar-refractivity contribution in [3.63, 3.8) is 0 Å². The fraction of sp³-hybridized carbons (Fsp3) is 0.0870. The number of benzene rings is 3. The first-order chi connectivity index (χ1) is 15.9. The second-order valence-corrected chi connectivity index (χ2v) is 6.60. The summed E-state index contributed by atoms with van der Waals surface area (Å²) in [6.07, 6.45) is 1.04. The van der Waals surface area contributed by atoms with E-state index in [4.69, 9.17) is 14.7 Å². The monoisotopic (exact) mass is 448 g/mol. The quantitative estimate of drug-likeness (QED) is 0.316. The zero-order valence-corrected chi connectivity index (χ0v) is 17.3. The van der Waals surface area contributed by atoms with Crippen LogP contribution in [0.4, 0.5) is 10.1 Å². The van der Waals surface area contributed by atoms with Crippen LogP contribution in [0.5, 0.6) is 11.5 Å². The van der Waals surface area contributed by atoms with E-state index >= 15 is 0 Å². The Bertz CT molecular complexity index is 1260. The number of halogens is 1. The predicted molar refractivity (Wildman–Crippen MR) is 117 cm³/mol. The third-order valence-electron chi connectivity index (χ3n) is 4.46. The number of nitrogens with zero attached hydrogens (tertiary/aromatic N) is 3. The number of nitro benzene ring substituents is 1. The lowest BCUT2D eigenvalue weighted by Crippen LogP contribution is -2.19. The van der Waals surface area contributed by atoms with Gasteiger partial charge in [-0.2, -0.15) is 10.4 Å². The van der Waals surface area contributed by atoms with Crippen LogP contribution in [-0.4, -0.2) is 24.2 Å². The Labute approximate surface area is 187 Å². The largest absolute Gasteiger partial charge is 0.493 e. The van der Waals surface area contributed by atoms with E-state index in [1.807, 2.05) is 30.3 Å². The summed E-state index contributed by atoms with van der Waals surface area (Å²) in [6, 6.07) is 16.9. The van der Waals surface area contributed by atoms with Gasteiger partial charge in [0.15, 0.2) is 11.5 Å². The van der Waals surface area contributed by atoms with E-state index < -0.39 is 16.6 Å². The topological polar surface area (TPSA) is 127 Å². The van der Waals surface area contributed by atoms with E-state index in [1.54, 1.807) is 6.07 Å². The zero-order valence-electron chi connectivity index (χ0n) is 17.3. The van der Waals surface area contributed by atoms with Crippen LogP contribution in [0.1, 0.15) is 27.0 Å². The molecule has 10 heteroatoms. The molecule has 0 bridgehead atoms. The van der Waals surface area contributed by atoms with Crippen molar-refractivity contribution in [3.8, 4) is 17.6 Å². The van der Waals surface area contributed by atoms with Crippen LogP contribution in [0.15, 0.2) is 65.8 Å². The highest BCUT2D eigenvalue weighted by Gasteiger charge is 2.19. The number of nitro groups is 1. The molecule has 3 aromatic rings. The van der Waals surface area contributed by atoms with E-state index in [2.05, 4.69) is 10.5 Å². The number of carbonyl (C=O) groups is 1. The Balaban J connectivity index is 1.80. The second kappa shape index (κ2) is 10.5. The first-order valence-electron chi connectivity index (χ1n) is 9.49. The van der Waals surface area contributed by atoms with E-state index in [0.717, 1.165) is 23.9 Å². The molecule has 1 amide bonds. The summed E-state index contributed by atoms with van der Waals surface area (Å²) in [7, 11) is 1.38. The molecule has 0 saturated carbocycles. The lowest BCUT2D eigenvalue weighted by molar-refractivity contribution is -0.385. The Kier molecular flexibility index (Phi) is 7.28. The molecule has 0 aliphatic heterocycles. The number of methoxy groups -OCH3 is 1. The van der Waals surface area contributed by atoms with Gasteiger partial charge in [-0.25, -0.2) is 9.82 Å². The number of hydrazone groups is 1. The summed E-state index contributed by atoms with van der Waals surface area (Å²) in [5, 5.41) is 24.0. The molecule has 0 atom stereocenters. The number of nitrogens with one attached hydrogen (secondary N) is 1. The third kappa shape index (κ3) is 5.68. The van der Waals surface area contributed by atoms with Crippen molar-refractivity contribution in [1.82, 2.24) is 5.43 Å². The van der Waals surface area contributed by atoms with E-state index in [0.29, 0.717) is 0 Å². The molecular weight excluding hydrogens is 431 g/mol. The number of rotatable bonds is 8. The summed E-state index contributed by atoms with van der Waals surface area (Å²) in [6.45, 7) is 0.175. The molecule has 0 heterocycles. The first-order valence-corrected chi connectivity index (χ1v) is 9.49. The Morgan fingerprint density at radius 3 is 2.61 bits per heavy atom. The maximum absolute atomic E-state index is 14.0. The molecule has 3 aromatic carbocycles. The summed E-state index contributed by atoms with van der Waals surface area (Å²) < 4.78 is 24.9. The van der Waals surface area contributed by atoms with Crippen LogP contribution in [0.3, 0.4) is 0 Å². The van der Waals surface area contributed by atoms with Gasteiger partial charge in [0, 0.05) is 0 Å². The van der Waals surface area contributed by atoms with Crippen molar-refractivity contribution in [2.75, 3.05) is 7.11 Å². The van der Waals surface area contributed by atoms with Crippen LogP contribution in [0.2, 0.25) is 0 Å². The summed E-state index contributed by atoms with van der Waals surface area (Å²) in [5.41, 5.74) is 2.40. The van der Waals surface area contributed by atoms with E-state index in [1.165, 1.54) is 25.3 Å². The minimum atomic E-state index is -0.894. The molecule has 0 aromatic heterocycles. The van der Waals surface area contributed by atoms with Crippen LogP contribution in [0.25, 0.3) is 0 Å². The van der Waals surface area contributed by atoms with Crippen LogP contribution < -0.4 is 14.9 Å². The van der Waals surface area contributed by atoms with Crippen molar-refractivity contribution in [3.05, 3.63) is 98.8 Å². The standard InChI is InChI=1S/C23H17FN4O5/c1-32-21-10-17(13-26-27-23(29)18-8-7-16(12-25)9-19(18)24)20(28(30)31)11-22(21)33-14-15-5-3-2-4-6-15/h2-11,13H,14H2,1H3,(H,27,29)/b26-13-. The van der Waals surface area contributed by atoms with Gasteiger partial charge in [-0.3, -0.25) is 14.9 Å². The van der Waals surface area contributed by atoms with Gasteiger partial charge < -0.3 is 9.47 Å². The minimum absolute atomic E-state index is 0.0320. The molecule has 1 N–H and O–H groups in total. The molecule has 166 valence electrons. The first kappa shape index (κ1) is 22.9. The van der Waals surface area contributed by atoms with Crippen molar-refractivity contribution < 1.29 is 23.6 Å². The number of nitriles is 1. The second-order valence-electron chi connectivity index (χ2n) is 6.60. The zero-order chi connectivity index (χ0) is 23.8. The third-order valence-corrected chi connectivity index (χ3v) is 4.46. The molecule has 0 unspecified atom stereocenters.